The first-order valence-corrected chi connectivity index (χ1v) is 9.79. The fraction of sp³-hybridized carbons (Fsp3) is 0.533. The van der Waals surface area contributed by atoms with Crippen LogP contribution >= 0.6 is 23.2 Å². The molecule has 0 radical (unpaired) electrons. The number of rotatable bonds is 6. The molecule has 0 spiro atoms. The molecule has 5 nitrogen and oxygen atoms in total. The van der Waals surface area contributed by atoms with Crippen LogP contribution in [0.25, 0.3) is 0 Å². The van der Waals surface area contributed by atoms with Crippen molar-refractivity contribution < 1.29 is 13.2 Å². The van der Waals surface area contributed by atoms with Gasteiger partial charge in [-0.2, -0.15) is 0 Å². The highest BCUT2D eigenvalue weighted by Gasteiger charge is 2.30. The van der Waals surface area contributed by atoms with Crippen LogP contribution in [0.4, 0.5) is 5.69 Å². The Bertz CT molecular complexity index is 657. The molecule has 1 N–H and O–H groups in total. The first kappa shape index (κ1) is 20.1. The van der Waals surface area contributed by atoms with Crippen LogP contribution < -0.4 is 9.62 Å². The second kappa shape index (κ2) is 7.73. The second-order valence-electron chi connectivity index (χ2n) is 5.90. The number of hydrogen-bond acceptors (Lipinski definition) is 3. The molecule has 130 valence electrons. The van der Waals surface area contributed by atoms with Gasteiger partial charge in [0.1, 0.15) is 6.04 Å². The summed E-state index contributed by atoms with van der Waals surface area (Å²) in [6.45, 7) is 7.34. The molecule has 1 aromatic rings. The van der Waals surface area contributed by atoms with Crippen molar-refractivity contribution in [1.82, 2.24) is 5.32 Å². The molecule has 0 saturated heterocycles. The van der Waals surface area contributed by atoms with Crippen LogP contribution in [0.1, 0.15) is 27.7 Å². The highest BCUT2D eigenvalue weighted by molar-refractivity contribution is 7.92. The third-order valence-corrected chi connectivity index (χ3v) is 5.24. The molecule has 8 heteroatoms. The van der Waals surface area contributed by atoms with Gasteiger partial charge >= 0.3 is 0 Å². The van der Waals surface area contributed by atoms with Gasteiger partial charge in [-0.1, -0.05) is 37.0 Å². The summed E-state index contributed by atoms with van der Waals surface area (Å²) >= 11 is 11.9. The number of benzene rings is 1. The summed E-state index contributed by atoms with van der Waals surface area (Å²) in [6.07, 6.45) is 1.04. The van der Waals surface area contributed by atoms with Crippen molar-refractivity contribution in [2.45, 2.75) is 39.8 Å². The number of nitrogens with zero attached hydrogens (tertiary/aromatic N) is 1. The lowest BCUT2D eigenvalue weighted by molar-refractivity contribution is -0.122. The van der Waals surface area contributed by atoms with Crippen molar-refractivity contribution >= 4 is 44.8 Å². The molecule has 2 atom stereocenters. The average molecular weight is 381 g/mol. The van der Waals surface area contributed by atoms with Gasteiger partial charge in [-0.3, -0.25) is 9.10 Å². The number of carbonyl (C=O) groups is 1. The van der Waals surface area contributed by atoms with Crippen LogP contribution in [-0.2, 0) is 14.8 Å². The predicted molar refractivity (Wildman–Crippen MR) is 95.7 cm³/mol. The molecule has 1 amide bonds. The van der Waals surface area contributed by atoms with Gasteiger partial charge in [-0.25, -0.2) is 8.42 Å². The Hall–Kier alpha value is -0.980. The maximum atomic E-state index is 12.4. The molecule has 0 aromatic heterocycles. The minimum absolute atomic E-state index is 0.0747. The Labute approximate surface area is 148 Å². The number of amides is 1. The Kier molecular flexibility index (Phi) is 6.74. The first-order chi connectivity index (χ1) is 10.4. The van der Waals surface area contributed by atoms with Gasteiger partial charge in [0.05, 0.1) is 11.9 Å². The Balaban J connectivity index is 3.20. The normalized spacial score (nSPS) is 14.4. The highest BCUT2D eigenvalue weighted by atomic mass is 35.5. The fourth-order valence-electron chi connectivity index (χ4n) is 1.99. The quantitative estimate of drug-likeness (QED) is 0.822. The van der Waals surface area contributed by atoms with E-state index in [-0.39, 0.29) is 23.6 Å². The lowest BCUT2D eigenvalue weighted by Crippen LogP contribution is -2.50. The van der Waals surface area contributed by atoms with Crippen LogP contribution in [0.5, 0.6) is 0 Å². The number of carbonyl (C=O) groups excluding carboxylic acids is 1. The molecular formula is C15H22Cl2N2O3S. The highest BCUT2D eigenvalue weighted by Crippen LogP contribution is 2.28. The Morgan fingerprint density at radius 1 is 1.09 bits per heavy atom. The lowest BCUT2D eigenvalue weighted by atomic mass is 10.1. The van der Waals surface area contributed by atoms with E-state index in [9.17, 15) is 13.2 Å². The zero-order valence-corrected chi connectivity index (χ0v) is 16.1. The number of sulfonamides is 1. The third-order valence-electron chi connectivity index (χ3n) is 3.56. The van der Waals surface area contributed by atoms with Gasteiger partial charge in [0.25, 0.3) is 0 Å². The molecule has 0 saturated carbocycles. The molecule has 1 rings (SSSR count). The zero-order chi connectivity index (χ0) is 17.9. The summed E-state index contributed by atoms with van der Waals surface area (Å²) in [5.74, 6) is -0.147. The van der Waals surface area contributed by atoms with E-state index in [1.54, 1.807) is 0 Å². The van der Waals surface area contributed by atoms with Gasteiger partial charge in [0.15, 0.2) is 0 Å². The largest absolute Gasteiger partial charge is 0.352 e. The topological polar surface area (TPSA) is 66.5 Å². The van der Waals surface area contributed by atoms with Crippen LogP contribution in [0, 0.1) is 5.92 Å². The van der Waals surface area contributed by atoms with Crippen molar-refractivity contribution in [3.63, 3.8) is 0 Å². The Morgan fingerprint density at radius 2 is 1.57 bits per heavy atom. The van der Waals surface area contributed by atoms with E-state index in [2.05, 4.69) is 5.32 Å². The molecule has 0 bridgehead atoms. The van der Waals surface area contributed by atoms with Crippen molar-refractivity contribution in [2.75, 3.05) is 10.6 Å². The first-order valence-electron chi connectivity index (χ1n) is 7.19. The minimum atomic E-state index is -3.70. The van der Waals surface area contributed by atoms with E-state index in [0.29, 0.717) is 10.0 Å². The lowest BCUT2D eigenvalue weighted by Gasteiger charge is -2.30. The molecule has 0 aliphatic rings. The molecule has 0 heterocycles. The summed E-state index contributed by atoms with van der Waals surface area (Å²) in [4.78, 5) is 12.4. The van der Waals surface area contributed by atoms with Gasteiger partial charge in [-0.15, -0.1) is 0 Å². The van der Waals surface area contributed by atoms with Gasteiger partial charge in [0, 0.05) is 16.1 Å². The van der Waals surface area contributed by atoms with Gasteiger partial charge in [-0.05, 0) is 38.0 Å². The molecule has 0 aliphatic heterocycles. The van der Waals surface area contributed by atoms with Gasteiger partial charge in [0.2, 0.25) is 15.9 Å². The number of halogens is 2. The Morgan fingerprint density at radius 3 is 1.96 bits per heavy atom. The van der Waals surface area contributed by atoms with Crippen molar-refractivity contribution in [3.8, 4) is 0 Å². The fourth-order valence-corrected chi connectivity index (χ4v) is 3.66. The van der Waals surface area contributed by atoms with Gasteiger partial charge < -0.3 is 5.32 Å². The standard InChI is InChI=1S/C15H22Cl2N2O3S/c1-9(2)10(3)18-15(20)11(4)19(23(5,21)22)14-7-12(16)6-13(17)8-14/h6-11H,1-5H3,(H,18,20)/t10-,11-/m0/s1. The van der Waals surface area contributed by atoms with E-state index in [4.69, 9.17) is 23.2 Å². The smallest absolute Gasteiger partial charge is 0.243 e. The number of anilines is 1. The predicted octanol–water partition coefficient (Wildman–Crippen LogP) is 3.31. The van der Waals surface area contributed by atoms with Crippen molar-refractivity contribution in [2.24, 2.45) is 5.92 Å². The van der Waals surface area contributed by atoms with Crippen LogP contribution in [0.2, 0.25) is 10.0 Å². The molecular weight excluding hydrogens is 359 g/mol. The van der Waals surface area contributed by atoms with Crippen molar-refractivity contribution in [3.05, 3.63) is 28.2 Å². The average Bonchev–Trinajstić information content (AvgIpc) is 2.35. The molecule has 0 unspecified atom stereocenters. The summed E-state index contributed by atoms with van der Waals surface area (Å²) in [5.41, 5.74) is 0.254. The molecule has 0 aliphatic carbocycles. The molecule has 1 aromatic carbocycles. The van der Waals surface area contributed by atoms with E-state index in [0.717, 1.165) is 10.6 Å². The summed E-state index contributed by atoms with van der Waals surface area (Å²) in [6, 6.07) is 3.42. The number of nitrogens with one attached hydrogen (secondary N) is 1. The summed E-state index contributed by atoms with van der Waals surface area (Å²) in [7, 11) is -3.70. The maximum absolute atomic E-state index is 12.4. The monoisotopic (exact) mass is 380 g/mol. The minimum Gasteiger partial charge on any atom is -0.352 e. The van der Waals surface area contributed by atoms with Crippen LogP contribution in [0.15, 0.2) is 18.2 Å². The van der Waals surface area contributed by atoms with E-state index >= 15 is 0 Å². The number of hydrogen-bond donors (Lipinski definition) is 1. The molecule has 0 fully saturated rings. The van der Waals surface area contributed by atoms with E-state index in [1.807, 2.05) is 20.8 Å². The van der Waals surface area contributed by atoms with Crippen LogP contribution in [0.3, 0.4) is 0 Å². The SMILES string of the molecule is CC(C)[C@H](C)NC(=O)[C@H](C)N(c1cc(Cl)cc(Cl)c1)S(C)(=O)=O. The maximum Gasteiger partial charge on any atom is 0.243 e. The van der Waals surface area contributed by atoms with E-state index in [1.165, 1.54) is 25.1 Å². The molecule has 23 heavy (non-hydrogen) atoms. The second-order valence-corrected chi connectivity index (χ2v) is 8.64. The van der Waals surface area contributed by atoms with E-state index < -0.39 is 16.1 Å². The summed E-state index contributed by atoms with van der Waals surface area (Å²) in [5, 5.41) is 3.41. The third kappa shape index (κ3) is 5.55. The van der Waals surface area contributed by atoms with Crippen molar-refractivity contribution in [1.29, 1.82) is 0 Å². The summed E-state index contributed by atoms with van der Waals surface area (Å²) < 4.78 is 25.4. The van der Waals surface area contributed by atoms with Crippen LogP contribution in [-0.4, -0.2) is 32.7 Å². The zero-order valence-electron chi connectivity index (χ0n) is 13.8.